The van der Waals surface area contributed by atoms with Crippen molar-refractivity contribution in [3.05, 3.63) is 23.4 Å². The van der Waals surface area contributed by atoms with Gasteiger partial charge in [-0.25, -0.2) is 4.98 Å². The molecule has 1 heterocycles. The first-order chi connectivity index (χ1) is 7.99. The van der Waals surface area contributed by atoms with E-state index in [1.165, 1.54) is 0 Å². The SMILES string of the molecule is CCc1cc(C(F)(F)F)cnc1OCCNC. The van der Waals surface area contributed by atoms with Crippen molar-refractivity contribution in [2.24, 2.45) is 0 Å². The van der Waals surface area contributed by atoms with E-state index in [1.54, 1.807) is 14.0 Å². The Hall–Kier alpha value is -1.30. The summed E-state index contributed by atoms with van der Waals surface area (Å²) in [4.78, 5) is 3.72. The van der Waals surface area contributed by atoms with E-state index in [0.29, 0.717) is 25.1 Å². The van der Waals surface area contributed by atoms with Crippen LogP contribution in [0.1, 0.15) is 18.1 Å². The Morgan fingerprint density at radius 3 is 2.65 bits per heavy atom. The van der Waals surface area contributed by atoms with Gasteiger partial charge in [-0.15, -0.1) is 0 Å². The van der Waals surface area contributed by atoms with Gasteiger partial charge in [0.2, 0.25) is 5.88 Å². The van der Waals surface area contributed by atoms with Gasteiger partial charge in [0.1, 0.15) is 6.61 Å². The van der Waals surface area contributed by atoms with Gasteiger partial charge in [-0.3, -0.25) is 0 Å². The van der Waals surface area contributed by atoms with Crippen molar-refractivity contribution < 1.29 is 17.9 Å². The number of alkyl halides is 3. The van der Waals surface area contributed by atoms with Gasteiger partial charge in [0.05, 0.1) is 5.56 Å². The lowest BCUT2D eigenvalue weighted by molar-refractivity contribution is -0.137. The Kier molecular flexibility index (Phi) is 4.74. The van der Waals surface area contributed by atoms with Gasteiger partial charge in [-0.05, 0) is 19.5 Å². The van der Waals surface area contributed by atoms with Crippen molar-refractivity contribution in [1.82, 2.24) is 10.3 Å². The molecular formula is C11H15F3N2O. The molecule has 6 heteroatoms. The first-order valence-corrected chi connectivity index (χ1v) is 5.32. The lowest BCUT2D eigenvalue weighted by Crippen LogP contribution is -2.17. The summed E-state index contributed by atoms with van der Waals surface area (Å²) in [7, 11) is 1.77. The minimum atomic E-state index is -4.36. The normalized spacial score (nSPS) is 11.6. The standard InChI is InChI=1S/C11H15F3N2O/c1-3-8-6-9(11(12,13)14)7-16-10(8)17-5-4-15-2/h6-7,15H,3-5H2,1-2H3. The monoisotopic (exact) mass is 248 g/mol. The van der Waals surface area contributed by atoms with Crippen molar-refractivity contribution in [2.75, 3.05) is 20.2 Å². The van der Waals surface area contributed by atoms with E-state index in [9.17, 15) is 13.2 Å². The zero-order valence-electron chi connectivity index (χ0n) is 9.77. The average Bonchev–Trinajstić information content (AvgIpc) is 2.28. The molecule has 0 unspecified atom stereocenters. The van der Waals surface area contributed by atoms with Crippen LogP contribution in [0.15, 0.2) is 12.3 Å². The highest BCUT2D eigenvalue weighted by Gasteiger charge is 2.31. The number of nitrogens with one attached hydrogen (secondary N) is 1. The van der Waals surface area contributed by atoms with Crippen LogP contribution >= 0.6 is 0 Å². The van der Waals surface area contributed by atoms with Crippen molar-refractivity contribution in [2.45, 2.75) is 19.5 Å². The summed E-state index contributed by atoms with van der Waals surface area (Å²) in [6, 6.07) is 1.09. The number of likely N-dealkylation sites (N-methyl/N-ethyl adjacent to an activating group) is 1. The summed E-state index contributed by atoms with van der Waals surface area (Å²) >= 11 is 0. The lowest BCUT2D eigenvalue weighted by atomic mass is 10.1. The minimum absolute atomic E-state index is 0.274. The molecule has 0 aromatic carbocycles. The van der Waals surface area contributed by atoms with E-state index >= 15 is 0 Å². The second-order valence-corrected chi connectivity index (χ2v) is 3.49. The number of aryl methyl sites for hydroxylation is 1. The van der Waals surface area contributed by atoms with E-state index in [2.05, 4.69) is 10.3 Å². The Bertz CT molecular complexity index is 366. The van der Waals surface area contributed by atoms with Crippen LogP contribution in [0.2, 0.25) is 0 Å². The molecule has 0 saturated heterocycles. The van der Waals surface area contributed by atoms with E-state index in [4.69, 9.17) is 4.74 Å². The molecule has 0 bridgehead atoms. The number of halogens is 3. The van der Waals surface area contributed by atoms with Crippen LogP contribution in [0.4, 0.5) is 13.2 Å². The van der Waals surface area contributed by atoms with E-state index in [-0.39, 0.29) is 5.88 Å². The highest BCUT2D eigenvalue weighted by molar-refractivity contribution is 5.31. The molecule has 0 aliphatic carbocycles. The number of nitrogens with zero attached hydrogens (tertiary/aromatic N) is 1. The van der Waals surface area contributed by atoms with Crippen molar-refractivity contribution in [1.29, 1.82) is 0 Å². The quantitative estimate of drug-likeness (QED) is 0.812. The molecule has 1 aromatic rings. The average molecular weight is 248 g/mol. The van der Waals surface area contributed by atoms with Gasteiger partial charge in [0.15, 0.2) is 0 Å². The Labute approximate surface area is 98.0 Å². The highest BCUT2D eigenvalue weighted by Crippen LogP contribution is 2.31. The molecule has 3 nitrogen and oxygen atoms in total. The molecule has 0 aliphatic heterocycles. The fourth-order valence-electron chi connectivity index (χ4n) is 1.29. The van der Waals surface area contributed by atoms with Gasteiger partial charge >= 0.3 is 6.18 Å². The molecule has 0 saturated carbocycles. The van der Waals surface area contributed by atoms with E-state index < -0.39 is 11.7 Å². The molecule has 1 rings (SSSR count). The molecule has 96 valence electrons. The van der Waals surface area contributed by atoms with Crippen LogP contribution in [-0.4, -0.2) is 25.2 Å². The molecule has 0 radical (unpaired) electrons. The maximum absolute atomic E-state index is 12.5. The predicted octanol–water partition coefficient (Wildman–Crippen LogP) is 2.26. The lowest BCUT2D eigenvalue weighted by Gasteiger charge is -2.12. The van der Waals surface area contributed by atoms with Crippen LogP contribution < -0.4 is 10.1 Å². The molecule has 0 atom stereocenters. The summed E-state index contributed by atoms with van der Waals surface area (Å²) in [5.41, 5.74) is -0.272. The topological polar surface area (TPSA) is 34.1 Å². The third-order valence-electron chi connectivity index (χ3n) is 2.22. The summed E-state index contributed by atoms with van der Waals surface area (Å²) < 4.78 is 42.7. The van der Waals surface area contributed by atoms with Crippen LogP contribution in [0, 0.1) is 0 Å². The summed E-state index contributed by atoms with van der Waals surface area (Å²) in [5, 5.41) is 2.88. The number of hydrogen-bond donors (Lipinski definition) is 1. The Balaban J connectivity index is 2.86. The molecule has 0 fully saturated rings. The fraction of sp³-hybridized carbons (Fsp3) is 0.545. The van der Waals surface area contributed by atoms with Crippen LogP contribution in [0.25, 0.3) is 0 Å². The van der Waals surface area contributed by atoms with Crippen LogP contribution in [0.5, 0.6) is 5.88 Å². The fourth-order valence-corrected chi connectivity index (χ4v) is 1.29. The van der Waals surface area contributed by atoms with E-state index in [1.807, 2.05) is 0 Å². The summed E-state index contributed by atoms with van der Waals surface area (Å²) in [6.07, 6.45) is -3.11. The van der Waals surface area contributed by atoms with Crippen LogP contribution in [0.3, 0.4) is 0 Å². The van der Waals surface area contributed by atoms with Crippen LogP contribution in [-0.2, 0) is 12.6 Å². The van der Waals surface area contributed by atoms with Crippen molar-refractivity contribution in [3.63, 3.8) is 0 Å². The second kappa shape index (κ2) is 5.86. The summed E-state index contributed by atoms with van der Waals surface area (Å²) in [6.45, 7) is 2.76. The zero-order valence-corrected chi connectivity index (χ0v) is 9.77. The third kappa shape index (κ3) is 3.89. The number of hydrogen-bond acceptors (Lipinski definition) is 3. The zero-order chi connectivity index (χ0) is 12.9. The molecule has 0 spiro atoms. The first kappa shape index (κ1) is 13.8. The molecule has 0 aliphatic rings. The Morgan fingerprint density at radius 2 is 2.12 bits per heavy atom. The number of rotatable bonds is 5. The number of ether oxygens (including phenoxy) is 1. The van der Waals surface area contributed by atoms with Gasteiger partial charge in [-0.2, -0.15) is 13.2 Å². The maximum atomic E-state index is 12.5. The second-order valence-electron chi connectivity index (χ2n) is 3.49. The smallest absolute Gasteiger partial charge is 0.417 e. The molecule has 1 aromatic heterocycles. The van der Waals surface area contributed by atoms with Crippen molar-refractivity contribution >= 4 is 0 Å². The minimum Gasteiger partial charge on any atom is -0.476 e. The maximum Gasteiger partial charge on any atom is 0.417 e. The van der Waals surface area contributed by atoms with Gasteiger partial charge in [0.25, 0.3) is 0 Å². The van der Waals surface area contributed by atoms with Gasteiger partial charge in [-0.1, -0.05) is 6.92 Å². The first-order valence-electron chi connectivity index (χ1n) is 5.32. The molecular weight excluding hydrogens is 233 g/mol. The van der Waals surface area contributed by atoms with Gasteiger partial charge < -0.3 is 10.1 Å². The number of pyridine rings is 1. The molecule has 17 heavy (non-hydrogen) atoms. The van der Waals surface area contributed by atoms with Crippen molar-refractivity contribution in [3.8, 4) is 5.88 Å². The largest absolute Gasteiger partial charge is 0.476 e. The summed E-state index contributed by atoms with van der Waals surface area (Å²) in [5.74, 6) is 0.274. The Morgan fingerprint density at radius 1 is 1.41 bits per heavy atom. The third-order valence-corrected chi connectivity index (χ3v) is 2.22. The predicted molar refractivity (Wildman–Crippen MR) is 58.0 cm³/mol. The highest BCUT2D eigenvalue weighted by atomic mass is 19.4. The van der Waals surface area contributed by atoms with E-state index in [0.717, 1.165) is 12.3 Å². The number of aromatic nitrogens is 1. The van der Waals surface area contributed by atoms with Gasteiger partial charge in [0, 0.05) is 18.3 Å². The molecule has 1 N–H and O–H groups in total. The molecule has 0 amide bonds.